The van der Waals surface area contributed by atoms with E-state index in [2.05, 4.69) is 16.9 Å². The minimum Gasteiger partial charge on any atom is -0.494 e. The molecule has 0 saturated heterocycles. The standard InChI is InChI=1S/C16H18N2O3/c1-3-4-11-21-13-7-5-12(6-8-13)15(19)14-16(20-2)18-10-9-17-14/h5-10H,3-4,11H2,1-2H3. The highest BCUT2D eigenvalue weighted by Crippen LogP contribution is 2.18. The molecule has 0 unspecified atom stereocenters. The summed E-state index contributed by atoms with van der Waals surface area (Å²) < 4.78 is 10.6. The molecule has 1 aromatic heterocycles. The summed E-state index contributed by atoms with van der Waals surface area (Å²) in [4.78, 5) is 20.4. The zero-order chi connectivity index (χ0) is 15.1. The number of hydrogen-bond acceptors (Lipinski definition) is 5. The van der Waals surface area contributed by atoms with Gasteiger partial charge in [-0.3, -0.25) is 4.79 Å². The van der Waals surface area contributed by atoms with Crippen LogP contribution in [-0.2, 0) is 0 Å². The molecule has 0 aliphatic heterocycles. The molecule has 0 saturated carbocycles. The molecule has 0 spiro atoms. The number of unbranched alkanes of at least 4 members (excludes halogenated alkanes) is 1. The third kappa shape index (κ3) is 3.78. The number of rotatable bonds is 7. The first-order valence-corrected chi connectivity index (χ1v) is 6.88. The number of benzene rings is 1. The topological polar surface area (TPSA) is 61.3 Å². The number of carbonyl (C=O) groups is 1. The predicted molar refractivity (Wildman–Crippen MR) is 78.9 cm³/mol. The van der Waals surface area contributed by atoms with Crippen LogP contribution in [0.1, 0.15) is 35.8 Å². The lowest BCUT2D eigenvalue weighted by atomic mass is 10.1. The molecule has 5 heteroatoms. The van der Waals surface area contributed by atoms with E-state index in [1.807, 2.05) is 0 Å². The lowest BCUT2D eigenvalue weighted by molar-refractivity contribution is 0.103. The minimum atomic E-state index is -0.222. The largest absolute Gasteiger partial charge is 0.494 e. The summed E-state index contributed by atoms with van der Waals surface area (Å²) in [6.07, 6.45) is 5.05. The van der Waals surface area contributed by atoms with E-state index < -0.39 is 0 Å². The Morgan fingerprint density at radius 1 is 1.14 bits per heavy atom. The molecule has 21 heavy (non-hydrogen) atoms. The summed E-state index contributed by atoms with van der Waals surface area (Å²) >= 11 is 0. The molecular formula is C16H18N2O3. The molecule has 0 aliphatic carbocycles. The Balaban J connectivity index is 2.12. The fourth-order valence-electron chi connectivity index (χ4n) is 1.80. The molecule has 5 nitrogen and oxygen atoms in total. The highest BCUT2D eigenvalue weighted by Gasteiger charge is 2.16. The van der Waals surface area contributed by atoms with Crippen molar-refractivity contribution in [2.45, 2.75) is 19.8 Å². The van der Waals surface area contributed by atoms with Crippen LogP contribution in [0.4, 0.5) is 0 Å². The summed E-state index contributed by atoms with van der Waals surface area (Å²) in [5, 5.41) is 0. The van der Waals surface area contributed by atoms with E-state index >= 15 is 0 Å². The first kappa shape index (κ1) is 15.0. The van der Waals surface area contributed by atoms with E-state index in [1.165, 1.54) is 19.5 Å². The molecule has 0 radical (unpaired) electrons. The van der Waals surface area contributed by atoms with Crippen LogP contribution in [0.3, 0.4) is 0 Å². The number of methoxy groups -OCH3 is 1. The lowest BCUT2D eigenvalue weighted by Gasteiger charge is -2.07. The molecule has 2 rings (SSSR count). The first-order valence-electron chi connectivity index (χ1n) is 6.88. The molecule has 1 heterocycles. The second-order valence-corrected chi connectivity index (χ2v) is 4.47. The number of nitrogens with zero attached hydrogens (tertiary/aromatic N) is 2. The van der Waals surface area contributed by atoms with Gasteiger partial charge in [-0.05, 0) is 30.7 Å². The SMILES string of the molecule is CCCCOc1ccc(C(=O)c2nccnc2OC)cc1. The van der Waals surface area contributed by atoms with Crippen LogP contribution in [0.15, 0.2) is 36.7 Å². The summed E-state index contributed by atoms with van der Waals surface area (Å²) in [5.41, 5.74) is 0.733. The van der Waals surface area contributed by atoms with Gasteiger partial charge in [0, 0.05) is 18.0 Å². The average Bonchev–Trinajstić information content (AvgIpc) is 2.55. The molecule has 2 aromatic rings. The summed E-state index contributed by atoms with van der Waals surface area (Å²) in [6.45, 7) is 2.79. The van der Waals surface area contributed by atoms with Crippen LogP contribution < -0.4 is 9.47 Å². The number of aromatic nitrogens is 2. The van der Waals surface area contributed by atoms with Crippen molar-refractivity contribution in [3.63, 3.8) is 0 Å². The number of ether oxygens (including phenoxy) is 2. The molecular weight excluding hydrogens is 268 g/mol. The third-order valence-corrected chi connectivity index (χ3v) is 2.96. The second-order valence-electron chi connectivity index (χ2n) is 4.47. The van der Waals surface area contributed by atoms with E-state index in [4.69, 9.17) is 9.47 Å². The Morgan fingerprint density at radius 3 is 2.52 bits per heavy atom. The van der Waals surface area contributed by atoms with Gasteiger partial charge in [0.2, 0.25) is 11.7 Å². The third-order valence-electron chi connectivity index (χ3n) is 2.96. The lowest BCUT2D eigenvalue weighted by Crippen LogP contribution is -2.07. The van der Waals surface area contributed by atoms with E-state index in [0.717, 1.165) is 18.6 Å². The molecule has 0 N–H and O–H groups in total. The molecule has 0 amide bonds. The van der Waals surface area contributed by atoms with Gasteiger partial charge in [0.25, 0.3) is 0 Å². The van der Waals surface area contributed by atoms with Gasteiger partial charge in [0.15, 0.2) is 5.69 Å². The van der Waals surface area contributed by atoms with Gasteiger partial charge in [-0.25, -0.2) is 9.97 Å². The zero-order valence-electron chi connectivity index (χ0n) is 12.2. The monoisotopic (exact) mass is 286 g/mol. The van der Waals surface area contributed by atoms with Gasteiger partial charge in [-0.2, -0.15) is 0 Å². The van der Waals surface area contributed by atoms with Crippen molar-refractivity contribution < 1.29 is 14.3 Å². The normalized spacial score (nSPS) is 10.2. The first-order chi connectivity index (χ1) is 10.3. The van der Waals surface area contributed by atoms with Gasteiger partial charge >= 0.3 is 0 Å². The van der Waals surface area contributed by atoms with Gasteiger partial charge in [-0.15, -0.1) is 0 Å². The fraction of sp³-hybridized carbons (Fsp3) is 0.312. The second kappa shape index (κ2) is 7.38. The van der Waals surface area contributed by atoms with Crippen molar-refractivity contribution in [1.29, 1.82) is 0 Å². The maximum absolute atomic E-state index is 12.4. The van der Waals surface area contributed by atoms with Gasteiger partial charge < -0.3 is 9.47 Å². The van der Waals surface area contributed by atoms with Crippen LogP contribution in [0.25, 0.3) is 0 Å². The Hall–Kier alpha value is -2.43. The van der Waals surface area contributed by atoms with Crippen molar-refractivity contribution in [2.75, 3.05) is 13.7 Å². The maximum atomic E-state index is 12.4. The van der Waals surface area contributed by atoms with Crippen molar-refractivity contribution >= 4 is 5.78 Å². The number of ketones is 1. The van der Waals surface area contributed by atoms with Crippen molar-refractivity contribution in [3.8, 4) is 11.6 Å². The molecule has 0 atom stereocenters. The molecule has 1 aromatic carbocycles. The van der Waals surface area contributed by atoms with E-state index in [-0.39, 0.29) is 17.4 Å². The van der Waals surface area contributed by atoms with Crippen molar-refractivity contribution in [1.82, 2.24) is 9.97 Å². The quantitative estimate of drug-likeness (QED) is 0.578. The maximum Gasteiger partial charge on any atom is 0.243 e. The van der Waals surface area contributed by atoms with E-state index in [1.54, 1.807) is 24.3 Å². The van der Waals surface area contributed by atoms with Gasteiger partial charge in [0.1, 0.15) is 5.75 Å². The van der Waals surface area contributed by atoms with E-state index in [0.29, 0.717) is 12.2 Å². The van der Waals surface area contributed by atoms with Crippen LogP contribution >= 0.6 is 0 Å². The van der Waals surface area contributed by atoms with E-state index in [9.17, 15) is 4.79 Å². The average molecular weight is 286 g/mol. The fourth-order valence-corrected chi connectivity index (χ4v) is 1.80. The van der Waals surface area contributed by atoms with Crippen molar-refractivity contribution in [3.05, 3.63) is 47.9 Å². The summed E-state index contributed by atoms with van der Waals surface area (Å²) in [6, 6.07) is 7.01. The van der Waals surface area contributed by atoms with Crippen LogP contribution in [-0.4, -0.2) is 29.5 Å². The smallest absolute Gasteiger partial charge is 0.243 e. The Kier molecular flexibility index (Phi) is 5.26. The number of hydrogen-bond donors (Lipinski definition) is 0. The predicted octanol–water partition coefficient (Wildman–Crippen LogP) is 2.90. The molecule has 0 aliphatic rings. The Labute approximate surface area is 124 Å². The Morgan fingerprint density at radius 2 is 1.86 bits per heavy atom. The highest BCUT2D eigenvalue weighted by atomic mass is 16.5. The summed E-state index contributed by atoms with van der Waals surface area (Å²) in [7, 11) is 1.46. The highest BCUT2D eigenvalue weighted by molar-refractivity contribution is 6.09. The summed E-state index contributed by atoms with van der Waals surface area (Å²) in [5.74, 6) is 0.761. The minimum absolute atomic E-state index is 0.208. The van der Waals surface area contributed by atoms with Gasteiger partial charge in [-0.1, -0.05) is 13.3 Å². The van der Waals surface area contributed by atoms with Gasteiger partial charge in [0.05, 0.1) is 13.7 Å². The van der Waals surface area contributed by atoms with Crippen LogP contribution in [0.2, 0.25) is 0 Å². The molecule has 0 fully saturated rings. The zero-order valence-corrected chi connectivity index (χ0v) is 12.2. The number of carbonyl (C=O) groups excluding carboxylic acids is 1. The Bertz CT molecular complexity index is 597. The van der Waals surface area contributed by atoms with Crippen molar-refractivity contribution in [2.24, 2.45) is 0 Å². The molecule has 0 bridgehead atoms. The molecule has 110 valence electrons. The van der Waals surface area contributed by atoms with Crippen LogP contribution in [0, 0.1) is 0 Å². The van der Waals surface area contributed by atoms with Crippen LogP contribution in [0.5, 0.6) is 11.6 Å².